The zero-order valence-electron chi connectivity index (χ0n) is 6.82. The van der Waals surface area contributed by atoms with Crippen LogP contribution in [0.5, 0.6) is 0 Å². The molecule has 2 nitrogen and oxygen atoms in total. The molecular weight excluding hydrogens is 365 g/mol. The van der Waals surface area contributed by atoms with Crippen LogP contribution in [0.1, 0.15) is 6.42 Å². The van der Waals surface area contributed by atoms with E-state index in [2.05, 4.69) is 0 Å². The van der Waals surface area contributed by atoms with E-state index >= 15 is 0 Å². The van der Waals surface area contributed by atoms with Gasteiger partial charge in [-0.25, -0.2) is 4.21 Å². The second kappa shape index (κ2) is 4.73. The Morgan fingerprint density at radius 3 is 1.80 bits per heavy atom. The van der Waals surface area contributed by atoms with Crippen molar-refractivity contribution >= 4 is 33.7 Å². The maximum Gasteiger partial charge on any atom is 0.412 e. The molecular formula is C5H5F6IO2S. The zero-order valence-corrected chi connectivity index (χ0v) is 9.80. The Kier molecular flexibility index (Phi) is 4.87. The Hall–Kier alpha value is 0.420. The molecule has 0 saturated heterocycles. The van der Waals surface area contributed by atoms with Crippen LogP contribution in [-0.4, -0.2) is 30.3 Å². The van der Waals surface area contributed by atoms with Crippen molar-refractivity contribution in [2.24, 2.45) is 0 Å². The van der Waals surface area contributed by atoms with E-state index in [1.165, 1.54) is 22.6 Å². The van der Waals surface area contributed by atoms with Gasteiger partial charge in [0.15, 0.2) is 0 Å². The van der Waals surface area contributed by atoms with Crippen LogP contribution < -0.4 is 0 Å². The van der Waals surface area contributed by atoms with Crippen LogP contribution in [0.4, 0.5) is 26.3 Å². The summed E-state index contributed by atoms with van der Waals surface area (Å²) in [5.74, 6) is -10.9. The summed E-state index contributed by atoms with van der Waals surface area (Å²) in [7, 11) is 0. The van der Waals surface area contributed by atoms with Crippen LogP contribution in [0.2, 0.25) is 0 Å². The molecule has 1 atom stereocenters. The van der Waals surface area contributed by atoms with Gasteiger partial charge in [-0.05, 0) is 0 Å². The summed E-state index contributed by atoms with van der Waals surface area (Å²) in [5, 5.41) is -5.68. The molecule has 0 aliphatic carbocycles. The van der Waals surface area contributed by atoms with Crippen molar-refractivity contribution < 1.29 is 35.1 Å². The number of hydrogen-bond acceptors (Lipinski definition) is 1. The minimum absolute atomic E-state index is 0.492. The molecule has 0 rings (SSSR count). The van der Waals surface area contributed by atoms with Crippen LogP contribution in [0.3, 0.4) is 0 Å². The van der Waals surface area contributed by atoms with Crippen molar-refractivity contribution in [3.63, 3.8) is 0 Å². The van der Waals surface area contributed by atoms with Crippen molar-refractivity contribution in [3.05, 3.63) is 0 Å². The summed E-state index contributed by atoms with van der Waals surface area (Å²) in [5.41, 5.74) is 0. The quantitative estimate of drug-likeness (QED) is 0.350. The Morgan fingerprint density at radius 1 is 1.13 bits per heavy atom. The molecule has 0 aromatic heterocycles. The van der Waals surface area contributed by atoms with Crippen LogP contribution >= 0.6 is 22.6 Å². The van der Waals surface area contributed by atoms with Crippen molar-refractivity contribution in [2.75, 3.05) is 4.43 Å². The molecule has 15 heavy (non-hydrogen) atoms. The van der Waals surface area contributed by atoms with E-state index in [1.54, 1.807) is 0 Å². The third kappa shape index (κ3) is 2.75. The fraction of sp³-hybridized carbons (Fsp3) is 1.00. The SMILES string of the molecule is O=S(O)C(F)(F)C(F)(F)C(F)(F)CCI. The molecule has 1 N–H and O–H groups in total. The van der Waals surface area contributed by atoms with E-state index in [0.717, 1.165) is 0 Å². The van der Waals surface area contributed by atoms with E-state index in [9.17, 15) is 30.6 Å². The molecule has 0 aromatic rings. The molecule has 0 amide bonds. The summed E-state index contributed by atoms with van der Waals surface area (Å²) in [6.07, 6.45) is -1.51. The smallest absolute Gasteiger partial charge is 0.301 e. The van der Waals surface area contributed by atoms with Gasteiger partial charge in [0.2, 0.25) is 11.1 Å². The molecule has 0 fully saturated rings. The van der Waals surface area contributed by atoms with E-state index < -0.39 is 39.0 Å². The minimum atomic E-state index is -5.86. The highest BCUT2D eigenvalue weighted by Gasteiger charge is 2.74. The Bertz CT molecular complexity index is 258. The molecule has 1 unspecified atom stereocenters. The summed E-state index contributed by atoms with van der Waals surface area (Å²) in [6.45, 7) is 0. The lowest BCUT2D eigenvalue weighted by Crippen LogP contribution is -2.56. The van der Waals surface area contributed by atoms with E-state index in [-0.39, 0.29) is 0 Å². The molecule has 0 aromatic carbocycles. The van der Waals surface area contributed by atoms with Gasteiger partial charge in [-0.1, -0.05) is 22.6 Å². The lowest BCUT2D eigenvalue weighted by Gasteiger charge is -2.30. The summed E-state index contributed by atoms with van der Waals surface area (Å²) >= 11 is -3.06. The number of halogens is 7. The van der Waals surface area contributed by atoms with E-state index in [0.29, 0.717) is 0 Å². The Morgan fingerprint density at radius 2 is 1.53 bits per heavy atom. The van der Waals surface area contributed by atoms with Crippen molar-refractivity contribution in [1.29, 1.82) is 0 Å². The average molecular weight is 370 g/mol. The monoisotopic (exact) mass is 370 g/mol. The first kappa shape index (κ1) is 15.4. The topological polar surface area (TPSA) is 37.3 Å². The molecule has 0 aliphatic rings. The van der Waals surface area contributed by atoms with Crippen LogP contribution in [0.25, 0.3) is 0 Å². The normalized spacial score (nSPS) is 16.5. The van der Waals surface area contributed by atoms with Crippen molar-refractivity contribution in [1.82, 2.24) is 0 Å². The predicted molar refractivity (Wildman–Crippen MR) is 49.1 cm³/mol. The molecule has 0 radical (unpaired) electrons. The fourth-order valence-electron chi connectivity index (χ4n) is 0.598. The first-order valence-corrected chi connectivity index (χ1v) is 5.94. The summed E-state index contributed by atoms with van der Waals surface area (Å²) in [6, 6.07) is 0. The first-order valence-electron chi connectivity index (χ1n) is 3.31. The van der Waals surface area contributed by atoms with Gasteiger partial charge in [0.1, 0.15) is 0 Å². The van der Waals surface area contributed by atoms with Crippen LogP contribution in [-0.2, 0) is 11.1 Å². The maximum absolute atomic E-state index is 12.6. The zero-order chi connectivity index (χ0) is 12.5. The fourth-order valence-corrected chi connectivity index (χ4v) is 1.64. The highest BCUT2D eigenvalue weighted by atomic mass is 127. The van der Waals surface area contributed by atoms with Crippen molar-refractivity contribution in [3.8, 4) is 0 Å². The number of hydrogen-bond donors (Lipinski definition) is 1. The van der Waals surface area contributed by atoms with Gasteiger partial charge in [0.25, 0.3) is 0 Å². The Labute approximate surface area is 96.8 Å². The lowest BCUT2D eigenvalue weighted by molar-refractivity contribution is -0.279. The highest BCUT2D eigenvalue weighted by Crippen LogP contribution is 2.48. The molecule has 0 bridgehead atoms. The van der Waals surface area contributed by atoms with E-state index in [4.69, 9.17) is 4.55 Å². The summed E-state index contributed by atoms with van der Waals surface area (Å²) in [4.78, 5) is 0. The maximum atomic E-state index is 12.6. The first-order chi connectivity index (χ1) is 6.50. The number of rotatable bonds is 5. The largest absolute Gasteiger partial charge is 0.412 e. The second-order valence-corrected chi connectivity index (χ2v) is 4.57. The number of alkyl halides is 7. The second-order valence-electron chi connectivity index (χ2n) is 2.48. The third-order valence-electron chi connectivity index (χ3n) is 1.45. The van der Waals surface area contributed by atoms with Crippen molar-refractivity contribution in [2.45, 2.75) is 23.5 Å². The third-order valence-corrected chi connectivity index (χ3v) is 2.69. The molecule has 0 saturated carbocycles. The predicted octanol–water partition coefficient (Wildman–Crippen LogP) is 2.90. The van der Waals surface area contributed by atoms with Crippen LogP contribution in [0.15, 0.2) is 0 Å². The lowest BCUT2D eigenvalue weighted by atomic mass is 10.1. The van der Waals surface area contributed by atoms with Gasteiger partial charge in [0, 0.05) is 10.8 Å². The molecule has 0 heterocycles. The minimum Gasteiger partial charge on any atom is -0.301 e. The molecule has 0 aliphatic heterocycles. The van der Waals surface area contributed by atoms with E-state index in [1.807, 2.05) is 0 Å². The molecule has 10 heteroatoms. The summed E-state index contributed by atoms with van der Waals surface area (Å²) < 4.78 is 92.2. The van der Waals surface area contributed by atoms with Gasteiger partial charge < -0.3 is 4.55 Å². The van der Waals surface area contributed by atoms with Gasteiger partial charge in [-0.3, -0.25) is 0 Å². The van der Waals surface area contributed by atoms with Crippen LogP contribution in [0, 0.1) is 0 Å². The van der Waals surface area contributed by atoms with Gasteiger partial charge in [-0.2, -0.15) is 26.3 Å². The average Bonchev–Trinajstić information content (AvgIpc) is 2.02. The molecule has 0 spiro atoms. The van der Waals surface area contributed by atoms with Gasteiger partial charge in [0.05, 0.1) is 0 Å². The van der Waals surface area contributed by atoms with Gasteiger partial charge >= 0.3 is 17.1 Å². The Balaban J connectivity index is 5.20. The standard InChI is InChI=1S/C5H5F6IO2S/c6-3(7,1-2-12)4(8,9)5(10,11)15(13)14/h1-2H2,(H,13,14). The molecule has 92 valence electrons. The highest BCUT2D eigenvalue weighted by molar-refractivity contribution is 14.1. The van der Waals surface area contributed by atoms with Gasteiger partial charge in [-0.15, -0.1) is 0 Å².